The van der Waals surface area contributed by atoms with E-state index in [0.29, 0.717) is 50.6 Å². The lowest BCUT2D eigenvalue weighted by Crippen LogP contribution is -2.25. The minimum atomic E-state index is 0.0473. The zero-order valence-electron chi connectivity index (χ0n) is 12.1. The zero-order chi connectivity index (χ0) is 14.6. The smallest absolute Gasteiger partial charge is 0.220 e. The summed E-state index contributed by atoms with van der Waals surface area (Å²) in [6.45, 7) is 4.51. The van der Waals surface area contributed by atoms with Crippen LogP contribution in [0.1, 0.15) is 26.2 Å². The van der Waals surface area contributed by atoms with E-state index in [4.69, 9.17) is 15.2 Å². The second kappa shape index (κ2) is 10.1. The van der Waals surface area contributed by atoms with Crippen LogP contribution in [0.2, 0.25) is 0 Å². The largest absolute Gasteiger partial charge is 0.491 e. The Balaban J connectivity index is 2.03. The molecule has 0 aliphatic carbocycles. The number of hydrogen-bond donors (Lipinski definition) is 2. The van der Waals surface area contributed by atoms with Gasteiger partial charge in [-0.15, -0.1) is 0 Å². The minimum absolute atomic E-state index is 0.0473. The first-order valence-electron chi connectivity index (χ1n) is 7.05. The van der Waals surface area contributed by atoms with Gasteiger partial charge in [-0.1, -0.05) is 12.1 Å². The lowest BCUT2D eigenvalue weighted by molar-refractivity contribution is -0.121. The van der Waals surface area contributed by atoms with Crippen molar-refractivity contribution in [3.63, 3.8) is 0 Å². The van der Waals surface area contributed by atoms with Crippen LogP contribution < -0.4 is 15.8 Å². The highest BCUT2D eigenvalue weighted by molar-refractivity contribution is 5.75. The zero-order valence-corrected chi connectivity index (χ0v) is 12.1. The van der Waals surface area contributed by atoms with Gasteiger partial charge in [0, 0.05) is 26.2 Å². The average Bonchev–Trinajstić information content (AvgIpc) is 2.45. The Morgan fingerprint density at radius 1 is 1.25 bits per heavy atom. The van der Waals surface area contributed by atoms with Crippen LogP contribution in [0.4, 0.5) is 5.69 Å². The second-order valence-corrected chi connectivity index (χ2v) is 4.39. The van der Waals surface area contributed by atoms with Gasteiger partial charge in [-0.3, -0.25) is 4.79 Å². The van der Waals surface area contributed by atoms with Gasteiger partial charge < -0.3 is 20.5 Å². The molecule has 0 aliphatic rings. The molecule has 5 heteroatoms. The van der Waals surface area contributed by atoms with Crippen molar-refractivity contribution in [2.45, 2.75) is 26.2 Å². The molecule has 0 spiro atoms. The number of nitrogens with two attached hydrogens (primary N) is 1. The van der Waals surface area contributed by atoms with Gasteiger partial charge in [0.2, 0.25) is 5.91 Å². The Kier molecular flexibility index (Phi) is 8.22. The van der Waals surface area contributed by atoms with Crippen LogP contribution in [0.25, 0.3) is 0 Å². The van der Waals surface area contributed by atoms with E-state index in [1.807, 2.05) is 25.1 Å². The highest BCUT2D eigenvalue weighted by Crippen LogP contribution is 2.19. The van der Waals surface area contributed by atoms with Crippen LogP contribution in [0, 0.1) is 0 Å². The van der Waals surface area contributed by atoms with Crippen molar-refractivity contribution in [1.82, 2.24) is 5.32 Å². The van der Waals surface area contributed by atoms with Crippen molar-refractivity contribution >= 4 is 11.6 Å². The Hall–Kier alpha value is -1.75. The highest BCUT2D eigenvalue weighted by atomic mass is 16.5. The molecule has 112 valence electrons. The molecule has 0 heterocycles. The van der Waals surface area contributed by atoms with Crippen molar-refractivity contribution in [3.8, 4) is 5.75 Å². The Morgan fingerprint density at radius 2 is 2.05 bits per heavy atom. The Labute approximate surface area is 120 Å². The molecule has 0 fully saturated rings. The predicted octanol–water partition coefficient (Wildman–Crippen LogP) is 1.97. The maximum Gasteiger partial charge on any atom is 0.220 e. The fourth-order valence-corrected chi connectivity index (χ4v) is 1.66. The number of anilines is 1. The van der Waals surface area contributed by atoms with Crippen molar-refractivity contribution in [1.29, 1.82) is 0 Å². The van der Waals surface area contributed by atoms with Gasteiger partial charge in [0.1, 0.15) is 5.75 Å². The molecule has 20 heavy (non-hydrogen) atoms. The first-order valence-corrected chi connectivity index (χ1v) is 7.05. The van der Waals surface area contributed by atoms with Gasteiger partial charge in [-0.25, -0.2) is 0 Å². The topological polar surface area (TPSA) is 73.6 Å². The quantitative estimate of drug-likeness (QED) is 0.507. The number of nitrogen functional groups attached to an aromatic ring is 1. The SMILES string of the molecule is CCOCCCNC(=O)CCCOc1ccccc1N. The van der Waals surface area contributed by atoms with Gasteiger partial charge in [0.15, 0.2) is 0 Å². The first kappa shape index (κ1) is 16.3. The Morgan fingerprint density at radius 3 is 2.80 bits per heavy atom. The molecular formula is C15H24N2O3. The summed E-state index contributed by atoms with van der Waals surface area (Å²) in [7, 11) is 0. The van der Waals surface area contributed by atoms with E-state index in [1.54, 1.807) is 6.07 Å². The van der Waals surface area contributed by atoms with Crippen LogP contribution >= 0.6 is 0 Å². The van der Waals surface area contributed by atoms with Crippen LogP contribution in [-0.2, 0) is 9.53 Å². The van der Waals surface area contributed by atoms with E-state index in [9.17, 15) is 4.79 Å². The van der Waals surface area contributed by atoms with E-state index in [2.05, 4.69) is 5.32 Å². The van der Waals surface area contributed by atoms with Gasteiger partial charge >= 0.3 is 0 Å². The summed E-state index contributed by atoms with van der Waals surface area (Å²) in [6, 6.07) is 7.35. The number of carbonyl (C=O) groups is 1. The molecule has 0 aliphatic heterocycles. The van der Waals surface area contributed by atoms with Crippen molar-refractivity contribution < 1.29 is 14.3 Å². The van der Waals surface area contributed by atoms with Crippen molar-refractivity contribution in [3.05, 3.63) is 24.3 Å². The summed E-state index contributed by atoms with van der Waals surface area (Å²) in [6.07, 6.45) is 1.98. The normalized spacial score (nSPS) is 10.2. The van der Waals surface area contributed by atoms with Crippen molar-refractivity contribution in [2.24, 2.45) is 0 Å². The molecule has 0 aromatic heterocycles. The molecule has 1 aromatic carbocycles. The van der Waals surface area contributed by atoms with Gasteiger partial charge in [-0.2, -0.15) is 0 Å². The number of hydrogen-bond acceptors (Lipinski definition) is 4. The van der Waals surface area contributed by atoms with Crippen LogP contribution in [0.5, 0.6) is 5.75 Å². The third-order valence-corrected chi connectivity index (χ3v) is 2.72. The molecular weight excluding hydrogens is 256 g/mol. The second-order valence-electron chi connectivity index (χ2n) is 4.39. The molecule has 0 radical (unpaired) electrons. The molecule has 0 atom stereocenters. The summed E-state index contributed by atoms with van der Waals surface area (Å²) in [5.74, 6) is 0.718. The third kappa shape index (κ3) is 6.99. The molecule has 0 saturated carbocycles. The van der Waals surface area contributed by atoms with E-state index < -0.39 is 0 Å². The number of amides is 1. The number of carbonyl (C=O) groups excluding carboxylic acids is 1. The minimum Gasteiger partial charge on any atom is -0.491 e. The van der Waals surface area contributed by atoms with Crippen LogP contribution in [0.3, 0.4) is 0 Å². The lowest BCUT2D eigenvalue weighted by Gasteiger charge is -2.08. The maximum absolute atomic E-state index is 11.5. The molecule has 5 nitrogen and oxygen atoms in total. The van der Waals surface area contributed by atoms with E-state index in [-0.39, 0.29) is 5.91 Å². The molecule has 0 bridgehead atoms. The Bertz CT molecular complexity index is 396. The first-order chi connectivity index (χ1) is 9.74. The summed E-state index contributed by atoms with van der Waals surface area (Å²) in [4.78, 5) is 11.5. The van der Waals surface area contributed by atoms with Gasteiger partial charge in [0.05, 0.1) is 12.3 Å². The molecule has 1 amide bonds. The number of benzene rings is 1. The number of para-hydroxylation sites is 2. The monoisotopic (exact) mass is 280 g/mol. The fraction of sp³-hybridized carbons (Fsp3) is 0.533. The summed E-state index contributed by atoms with van der Waals surface area (Å²) >= 11 is 0. The van der Waals surface area contributed by atoms with Gasteiger partial charge in [0.25, 0.3) is 0 Å². The number of rotatable bonds is 10. The van der Waals surface area contributed by atoms with Crippen molar-refractivity contribution in [2.75, 3.05) is 32.1 Å². The molecule has 0 unspecified atom stereocenters. The van der Waals surface area contributed by atoms with E-state index in [1.165, 1.54) is 0 Å². The third-order valence-electron chi connectivity index (χ3n) is 2.72. The summed E-state index contributed by atoms with van der Waals surface area (Å²) < 4.78 is 10.7. The lowest BCUT2D eigenvalue weighted by atomic mass is 10.3. The summed E-state index contributed by atoms with van der Waals surface area (Å²) in [5.41, 5.74) is 6.37. The standard InChI is InChI=1S/C15H24N2O3/c1-2-19-11-6-10-17-15(18)9-5-12-20-14-8-4-3-7-13(14)16/h3-4,7-8H,2,5-6,9-12,16H2,1H3,(H,17,18). The average molecular weight is 280 g/mol. The molecule has 1 rings (SSSR count). The predicted molar refractivity (Wildman–Crippen MR) is 79.7 cm³/mol. The van der Waals surface area contributed by atoms with Gasteiger partial charge in [-0.05, 0) is 31.9 Å². The fourth-order valence-electron chi connectivity index (χ4n) is 1.66. The number of ether oxygens (including phenoxy) is 2. The van der Waals surface area contributed by atoms with Crippen LogP contribution in [0.15, 0.2) is 24.3 Å². The van der Waals surface area contributed by atoms with Crippen LogP contribution in [-0.4, -0.2) is 32.3 Å². The summed E-state index contributed by atoms with van der Waals surface area (Å²) in [5, 5.41) is 2.85. The molecule has 0 saturated heterocycles. The molecule has 3 N–H and O–H groups in total. The van der Waals surface area contributed by atoms with E-state index >= 15 is 0 Å². The van der Waals surface area contributed by atoms with E-state index in [0.717, 1.165) is 6.42 Å². The number of nitrogens with one attached hydrogen (secondary N) is 1. The molecule has 1 aromatic rings. The maximum atomic E-state index is 11.5. The highest BCUT2D eigenvalue weighted by Gasteiger charge is 2.02.